The van der Waals surface area contributed by atoms with Crippen LogP contribution in [-0.4, -0.2) is 49.3 Å². The Balaban J connectivity index is 1.70. The van der Waals surface area contributed by atoms with Gasteiger partial charge >= 0.3 is 6.18 Å². The number of hydrogen-bond acceptors (Lipinski definition) is 6. The number of carbonyl (C=O) groups excluding carboxylic acids is 1. The maximum Gasteiger partial charge on any atom is 0.435 e. The Labute approximate surface area is 207 Å². The zero-order chi connectivity index (χ0) is 26.9. The molecule has 1 aromatic carbocycles. The number of hydrogen-bond donors (Lipinski definition) is 3. The van der Waals surface area contributed by atoms with Crippen molar-refractivity contribution in [1.29, 1.82) is 0 Å². The monoisotopic (exact) mass is 522 g/mol. The number of aromatic nitrogens is 5. The minimum atomic E-state index is -4.78. The Morgan fingerprint density at radius 1 is 1.24 bits per heavy atom. The normalized spacial score (nSPS) is 12.6. The molecule has 1 atom stereocenters. The molecule has 9 nitrogen and oxygen atoms in total. The topological polar surface area (TPSA) is 115 Å². The number of rotatable bonds is 8. The second-order valence-corrected chi connectivity index (χ2v) is 8.34. The molecule has 0 saturated heterocycles. The van der Waals surface area contributed by atoms with Gasteiger partial charge in [-0.25, -0.2) is 18.7 Å². The molecular formula is C23H23F5N8O. The van der Waals surface area contributed by atoms with Gasteiger partial charge in [0.25, 0.3) is 5.91 Å². The summed E-state index contributed by atoms with van der Waals surface area (Å²) < 4.78 is 70.7. The first kappa shape index (κ1) is 26.0. The molecule has 4 N–H and O–H groups in total. The largest absolute Gasteiger partial charge is 0.435 e. The lowest BCUT2D eigenvalue weighted by Gasteiger charge is -2.15. The van der Waals surface area contributed by atoms with Gasteiger partial charge in [0.05, 0.1) is 29.6 Å². The van der Waals surface area contributed by atoms with Crippen molar-refractivity contribution in [2.24, 2.45) is 5.73 Å². The number of nitrogens with one attached hydrogen (secondary N) is 2. The highest BCUT2D eigenvalue weighted by molar-refractivity contribution is 5.96. The molecule has 196 valence electrons. The third-order valence-corrected chi connectivity index (χ3v) is 5.56. The average molecular weight is 522 g/mol. The van der Waals surface area contributed by atoms with E-state index in [0.717, 1.165) is 16.9 Å². The van der Waals surface area contributed by atoms with E-state index in [1.807, 2.05) is 0 Å². The van der Waals surface area contributed by atoms with E-state index < -0.39 is 30.3 Å². The van der Waals surface area contributed by atoms with Crippen molar-refractivity contribution in [3.8, 4) is 11.3 Å². The molecule has 4 rings (SSSR count). The van der Waals surface area contributed by atoms with Gasteiger partial charge < -0.3 is 16.4 Å². The molecule has 37 heavy (non-hydrogen) atoms. The van der Waals surface area contributed by atoms with Gasteiger partial charge in [0, 0.05) is 36.9 Å². The molecule has 14 heteroatoms. The first-order chi connectivity index (χ1) is 17.5. The zero-order valence-electron chi connectivity index (χ0n) is 19.8. The van der Waals surface area contributed by atoms with Crippen LogP contribution in [0.15, 0.2) is 36.9 Å². The van der Waals surface area contributed by atoms with E-state index in [-0.39, 0.29) is 53.1 Å². The molecule has 0 aliphatic carbocycles. The van der Waals surface area contributed by atoms with Gasteiger partial charge in [0.1, 0.15) is 12.5 Å². The molecule has 0 aliphatic heterocycles. The highest BCUT2D eigenvalue weighted by atomic mass is 19.4. The highest BCUT2D eigenvalue weighted by Gasteiger charge is 2.38. The molecule has 0 fully saturated rings. The van der Waals surface area contributed by atoms with Crippen LogP contribution >= 0.6 is 0 Å². The lowest BCUT2D eigenvalue weighted by Crippen LogP contribution is -2.38. The number of nitrogens with zero attached hydrogens (tertiary/aromatic N) is 5. The summed E-state index contributed by atoms with van der Waals surface area (Å²) in [4.78, 5) is 20.8. The predicted octanol–water partition coefficient (Wildman–Crippen LogP) is 3.85. The molecule has 0 saturated carbocycles. The van der Waals surface area contributed by atoms with Crippen molar-refractivity contribution < 1.29 is 26.7 Å². The Bertz CT molecular complexity index is 1420. The summed E-state index contributed by atoms with van der Waals surface area (Å²) in [6.07, 6.45) is 0.284. The van der Waals surface area contributed by atoms with E-state index in [4.69, 9.17) is 5.73 Å². The van der Waals surface area contributed by atoms with Crippen LogP contribution < -0.4 is 16.4 Å². The zero-order valence-corrected chi connectivity index (χ0v) is 19.8. The minimum Gasteiger partial charge on any atom is -0.348 e. The van der Waals surface area contributed by atoms with Gasteiger partial charge in [-0.05, 0) is 31.5 Å². The summed E-state index contributed by atoms with van der Waals surface area (Å²) in [6.45, 7) is 2.22. The average Bonchev–Trinajstić information content (AvgIpc) is 3.43. The lowest BCUT2D eigenvalue weighted by molar-refractivity contribution is -0.141. The third-order valence-electron chi connectivity index (χ3n) is 5.56. The van der Waals surface area contributed by atoms with Crippen LogP contribution in [0.1, 0.15) is 28.5 Å². The van der Waals surface area contributed by atoms with Crippen molar-refractivity contribution in [2.45, 2.75) is 32.6 Å². The lowest BCUT2D eigenvalue weighted by atomic mass is 10.1. The number of imidazole rings is 1. The Kier molecular flexibility index (Phi) is 7.12. The van der Waals surface area contributed by atoms with Crippen molar-refractivity contribution in [2.75, 3.05) is 18.5 Å². The SMILES string of the molecule is Cc1cc(Nc2nccn3c(-c4cn(CCF)nc4C(F)(F)F)cnc23)cc(F)c1C(=O)N[C@H](C)CN. The van der Waals surface area contributed by atoms with E-state index in [2.05, 4.69) is 25.7 Å². The van der Waals surface area contributed by atoms with Crippen molar-refractivity contribution in [3.05, 3.63) is 59.6 Å². The van der Waals surface area contributed by atoms with E-state index in [1.165, 1.54) is 29.1 Å². The Morgan fingerprint density at radius 2 is 2.00 bits per heavy atom. The molecule has 3 heterocycles. The van der Waals surface area contributed by atoms with Crippen LogP contribution in [0, 0.1) is 12.7 Å². The molecule has 1 amide bonds. The second-order valence-electron chi connectivity index (χ2n) is 8.34. The van der Waals surface area contributed by atoms with Gasteiger partial charge in [-0.2, -0.15) is 18.3 Å². The molecule has 4 aromatic rings. The van der Waals surface area contributed by atoms with Crippen LogP contribution in [0.25, 0.3) is 16.9 Å². The van der Waals surface area contributed by atoms with E-state index >= 15 is 0 Å². The summed E-state index contributed by atoms with van der Waals surface area (Å²) in [5.74, 6) is -1.26. The van der Waals surface area contributed by atoms with Gasteiger partial charge in [-0.1, -0.05) is 0 Å². The van der Waals surface area contributed by atoms with Crippen LogP contribution in [0.5, 0.6) is 0 Å². The van der Waals surface area contributed by atoms with E-state index in [0.29, 0.717) is 5.56 Å². The van der Waals surface area contributed by atoms with Crippen molar-refractivity contribution in [3.63, 3.8) is 0 Å². The van der Waals surface area contributed by atoms with Gasteiger partial charge in [-0.15, -0.1) is 0 Å². The number of aryl methyl sites for hydroxylation is 2. The first-order valence-electron chi connectivity index (χ1n) is 11.1. The van der Waals surface area contributed by atoms with Crippen molar-refractivity contribution >= 4 is 23.1 Å². The summed E-state index contributed by atoms with van der Waals surface area (Å²) in [5, 5.41) is 9.00. The molecule has 0 unspecified atom stereocenters. The number of benzene rings is 1. The van der Waals surface area contributed by atoms with Gasteiger partial charge in [0.2, 0.25) is 0 Å². The summed E-state index contributed by atoms with van der Waals surface area (Å²) in [7, 11) is 0. The van der Waals surface area contributed by atoms with Crippen LogP contribution in [0.2, 0.25) is 0 Å². The standard InChI is InChI=1S/C23H23F5N8O/c1-12-7-14(8-16(25)18(12)22(37)32-13(2)9-29)33-20-21-31-10-17(36(21)6-4-30-20)15-11-35(5-3-24)34-19(15)23(26,27)28/h4,6-8,10-11,13H,3,5,9,29H2,1-2H3,(H,30,33)(H,32,37)/t13-/m1/s1. The number of nitrogens with two attached hydrogens (primary N) is 1. The van der Waals surface area contributed by atoms with Crippen LogP contribution in [0.3, 0.4) is 0 Å². The van der Waals surface area contributed by atoms with E-state index in [1.54, 1.807) is 13.8 Å². The van der Waals surface area contributed by atoms with Crippen LogP contribution in [-0.2, 0) is 12.7 Å². The van der Waals surface area contributed by atoms with Gasteiger partial charge in [-0.3, -0.25) is 13.9 Å². The molecule has 0 spiro atoms. The number of fused-ring (bicyclic) bond motifs is 1. The minimum absolute atomic E-state index is 0.0567. The number of amides is 1. The van der Waals surface area contributed by atoms with Crippen molar-refractivity contribution in [1.82, 2.24) is 29.5 Å². The second kappa shape index (κ2) is 10.1. The first-order valence-corrected chi connectivity index (χ1v) is 11.1. The maximum atomic E-state index is 14.9. The molecule has 3 aromatic heterocycles. The fraction of sp³-hybridized carbons (Fsp3) is 0.304. The third kappa shape index (κ3) is 5.23. The Morgan fingerprint density at radius 3 is 2.65 bits per heavy atom. The quantitative estimate of drug-likeness (QED) is 0.303. The molecule has 0 aliphatic rings. The number of halogens is 5. The maximum absolute atomic E-state index is 14.9. The highest BCUT2D eigenvalue weighted by Crippen LogP contribution is 2.37. The fourth-order valence-electron chi connectivity index (χ4n) is 3.82. The summed E-state index contributed by atoms with van der Waals surface area (Å²) in [5.41, 5.74) is 4.71. The van der Waals surface area contributed by atoms with Gasteiger partial charge in [0.15, 0.2) is 17.2 Å². The molecular weight excluding hydrogens is 499 g/mol. The summed E-state index contributed by atoms with van der Waals surface area (Å²) in [6, 6.07) is 2.29. The number of alkyl halides is 4. The molecule has 0 radical (unpaired) electrons. The number of anilines is 2. The number of carbonyl (C=O) groups is 1. The summed E-state index contributed by atoms with van der Waals surface area (Å²) >= 11 is 0. The Hall–Kier alpha value is -4.07. The van der Waals surface area contributed by atoms with Crippen LogP contribution in [0.4, 0.5) is 33.5 Å². The fourth-order valence-corrected chi connectivity index (χ4v) is 3.82. The van der Waals surface area contributed by atoms with E-state index in [9.17, 15) is 26.7 Å². The predicted molar refractivity (Wildman–Crippen MR) is 126 cm³/mol. The smallest absolute Gasteiger partial charge is 0.348 e. The molecule has 0 bridgehead atoms.